The summed E-state index contributed by atoms with van der Waals surface area (Å²) in [7, 11) is -3.67. The minimum atomic E-state index is -3.67. The molecule has 0 aliphatic heterocycles. The lowest BCUT2D eigenvalue weighted by Gasteiger charge is -2.19. The molecule has 1 amide bonds. The first kappa shape index (κ1) is 22.0. The first-order valence-corrected chi connectivity index (χ1v) is 12.0. The number of rotatable bonds is 7. The van der Waals surface area contributed by atoms with Gasteiger partial charge >= 0.3 is 0 Å². The molecule has 0 radical (unpaired) electrons. The number of fused-ring (bicyclic) bond motifs is 1. The quantitative estimate of drug-likeness (QED) is 0.398. The summed E-state index contributed by atoms with van der Waals surface area (Å²) in [5.41, 5.74) is 0.486. The first-order chi connectivity index (χ1) is 15.3. The number of anilines is 1. The Balaban J connectivity index is 1.64. The highest BCUT2D eigenvalue weighted by molar-refractivity contribution is 7.91. The number of pyridine rings is 1. The van der Waals surface area contributed by atoms with Crippen molar-refractivity contribution in [2.45, 2.75) is 17.9 Å². The molecule has 0 saturated carbocycles. The Bertz CT molecular complexity index is 1360. The van der Waals surface area contributed by atoms with Gasteiger partial charge in [0, 0.05) is 18.7 Å². The van der Waals surface area contributed by atoms with E-state index in [1.54, 1.807) is 42.6 Å². The third-order valence-electron chi connectivity index (χ3n) is 4.67. The van der Waals surface area contributed by atoms with Crippen molar-refractivity contribution in [3.63, 3.8) is 0 Å². The summed E-state index contributed by atoms with van der Waals surface area (Å²) in [6.45, 7) is 0.00891. The largest absolute Gasteiger partial charge is 0.282 e. The fraction of sp³-hybridized carbons (Fsp3) is 0.136. The Labute approximate surface area is 187 Å². The van der Waals surface area contributed by atoms with E-state index in [-0.39, 0.29) is 33.2 Å². The Morgan fingerprint density at radius 2 is 1.78 bits per heavy atom. The summed E-state index contributed by atoms with van der Waals surface area (Å²) in [4.78, 5) is 22.8. The zero-order chi connectivity index (χ0) is 22.7. The lowest BCUT2D eigenvalue weighted by molar-refractivity contribution is -0.118. The number of aromatic nitrogens is 2. The van der Waals surface area contributed by atoms with Crippen LogP contribution in [-0.2, 0) is 21.2 Å². The number of sulfone groups is 1. The van der Waals surface area contributed by atoms with E-state index in [2.05, 4.69) is 9.97 Å². The van der Waals surface area contributed by atoms with Crippen molar-refractivity contribution in [3.05, 3.63) is 84.2 Å². The highest BCUT2D eigenvalue weighted by Crippen LogP contribution is 2.32. The number of carbonyl (C=O) groups excluding carboxylic acids is 1. The molecule has 10 heteroatoms. The van der Waals surface area contributed by atoms with Crippen LogP contribution in [0.3, 0.4) is 0 Å². The molecule has 0 spiro atoms. The normalized spacial score (nSPS) is 11.6. The number of hydrogen-bond acceptors (Lipinski definition) is 6. The van der Waals surface area contributed by atoms with Gasteiger partial charge < -0.3 is 0 Å². The maximum absolute atomic E-state index is 14.2. The van der Waals surface area contributed by atoms with Gasteiger partial charge in [-0.3, -0.25) is 14.7 Å². The Morgan fingerprint density at radius 3 is 2.50 bits per heavy atom. The average molecular weight is 474 g/mol. The van der Waals surface area contributed by atoms with Crippen molar-refractivity contribution in [2.75, 3.05) is 10.7 Å². The number of nitrogens with zero attached hydrogens (tertiary/aromatic N) is 3. The second-order valence-corrected chi connectivity index (χ2v) is 10.0. The zero-order valence-corrected chi connectivity index (χ0v) is 18.2. The average Bonchev–Trinajstić information content (AvgIpc) is 3.21. The van der Waals surface area contributed by atoms with Gasteiger partial charge in [-0.2, -0.15) is 0 Å². The molecule has 0 bridgehead atoms. The third kappa shape index (κ3) is 4.81. The van der Waals surface area contributed by atoms with Crippen LogP contribution in [0.5, 0.6) is 0 Å². The smallest absolute Gasteiger partial charge is 0.230 e. The van der Waals surface area contributed by atoms with Crippen LogP contribution in [0.2, 0.25) is 0 Å². The summed E-state index contributed by atoms with van der Waals surface area (Å²) in [5.74, 6) is -2.50. The maximum atomic E-state index is 14.2. The van der Waals surface area contributed by atoms with Gasteiger partial charge in [0.2, 0.25) is 5.91 Å². The van der Waals surface area contributed by atoms with Crippen LogP contribution < -0.4 is 4.90 Å². The van der Waals surface area contributed by atoms with E-state index in [4.69, 9.17) is 0 Å². The molecule has 32 heavy (non-hydrogen) atoms. The summed E-state index contributed by atoms with van der Waals surface area (Å²) in [5, 5.41) is 0.136. The summed E-state index contributed by atoms with van der Waals surface area (Å²) < 4.78 is 53.2. The van der Waals surface area contributed by atoms with Crippen molar-refractivity contribution >= 4 is 42.4 Å². The van der Waals surface area contributed by atoms with E-state index in [0.717, 1.165) is 23.5 Å². The summed E-state index contributed by atoms with van der Waals surface area (Å²) >= 11 is 0.948. The SMILES string of the molecule is O=C(CCS(=O)(=O)c1ccccc1)N(Cc1ccccn1)c1nc2c(F)cc(F)cc2s1. The van der Waals surface area contributed by atoms with E-state index < -0.39 is 33.1 Å². The lowest BCUT2D eigenvalue weighted by atomic mass is 10.3. The van der Waals surface area contributed by atoms with Crippen molar-refractivity contribution in [1.29, 1.82) is 0 Å². The Kier molecular flexibility index (Phi) is 6.24. The van der Waals surface area contributed by atoms with Gasteiger partial charge in [-0.05, 0) is 30.3 Å². The fourth-order valence-electron chi connectivity index (χ4n) is 3.08. The molecule has 0 fully saturated rings. The molecule has 4 aromatic rings. The van der Waals surface area contributed by atoms with Crippen molar-refractivity contribution < 1.29 is 22.0 Å². The molecule has 0 atom stereocenters. The standard InChI is InChI=1S/C22H17F2N3O3S2/c23-15-12-18(24)21-19(13-15)31-22(26-21)27(14-16-6-4-5-10-25-16)20(28)9-11-32(29,30)17-7-2-1-3-8-17/h1-8,10,12-13H,9,11,14H2. The van der Waals surface area contributed by atoms with Crippen LogP contribution in [0.15, 0.2) is 71.8 Å². The number of carbonyl (C=O) groups is 1. The molecule has 2 heterocycles. The van der Waals surface area contributed by atoms with Gasteiger partial charge in [0.25, 0.3) is 0 Å². The minimum Gasteiger partial charge on any atom is -0.282 e. The lowest BCUT2D eigenvalue weighted by Crippen LogP contribution is -2.32. The molecule has 0 N–H and O–H groups in total. The molecular weight excluding hydrogens is 456 g/mol. The number of amides is 1. The van der Waals surface area contributed by atoms with Crippen LogP contribution in [0.4, 0.5) is 13.9 Å². The molecule has 0 aliphatic rings. The second-order valence-electron chi connectivity index (χ2n) is 6.91. The molecule has 164 valence electrons. The van der Waals surface area contributed by atoms with E-state index in [0.29, 0.717) is 5.69 Å². The first-order valence-electron chi connectivity index (χ1n) is 9.57. The highest BCUT2D eigenvalue weighted by Gasteiger charge is 2.24. The molecule has 4 rings (SSSR count). The van der Waals surface area contributed by atoms with E-state index in [9.17, 15) is 22.0 Å². The van der Waals surface area contributed by atoms with Gasteiger partial charge in [-0.1, -0.05) is 35.6 Å². The molecular formula is C22H17F2N3O3S2. The van der Waals surface area contributed by atoms with Crippen LogP contribution in [0, 0.1) is 11.6 Å². The minimum absolute atomic E-state index is 0.00891. The topological polar surface area (TPSA) is 80.2 Å². The number of thiazole rings is 1. The number of halogens is 2. The molecule has 2 aromatic heterocycles. The van der Waals surface area contributed by atoms with E-state index in [1.807, 2.05) is 0 Å². The molecule has 2 aromatic carbocycles. The zero-order valence-electron chi connectivity index (χ0n) is 16.6. The number of benzene rings is 2. The third-order valence-corrected chi connectivity index (χ3v) is 7.42. The summed E-state index contributed by atoms with van der Waals surface area (Å²) in [6, 6.07) is 14.9. The van der Waals surface area contributed by atoms with E-state index >= 15 is 0 Å². The van der Waals surface area contributed by atoms with Crippen LogP contribution in [0.1, 0.15) is 12.1 Å². The highest BCUT2D eigenvalue weighted by atomic mass is 32.2. The monoisotopic (exact) mass is 473 g/mol. The molecule has 0 unspecified atom stereocenters. The maximum Gasteiger partial charge on any atom is 0.230 e. The van der Waals surface area contributed by atoms with Crippen LogP contribution >= 0.6 is 11.3 Å². The van der Waals surface area contributed by atoms with Crippen LogP contribution in [0.25, 0.3) is 10.2 Å². The van der Waals surface area contributed by atoms with E-state index in [1.165, 1.54) is 17.0 Å². The van der Waals surface area contributed by atoms with Gasteiger partial charge in [-0.15, -0.1) is 0 Å². The van der Waals surface area contributed by atoms with Crippen LogP contribution in [-0.4, -0.2) is 30.0 Å². The van der Waals surface area contributed by atoms with Crippen molar-refractivity contribution in [3.8, 4) is 0 Å². The molecule has 6 nitrogen and oxygen atoms in total. The Hall–Kier alpha value is -3.24. The Morgan fingerprint density at radius 1 is 1.03 bits per heavy atom. The van der Waals surface area contributed by atoms with Gasteiger partial charge in [0.05, 0.1) is 27.6 Å². The van der Waals surface area contributed by atoms with Gasteiger partial charge in [0.15, 0.2) is 20.8 Å². The molecule has 0 aliphatic carbocycles. The summed E-state index contributed by atoms with van der Waals surface area (Å²) in [6.07, 6.45) is 1.25. The molecule has 0 saturated heterocycles. The predicted molar refractivity (Wildman–Crippen MR) is 118 cm³/mol. The fourth-order valence-corrected chi connectivity index (χ4v) is 5.35. The van der Waals surface area contributed by atoms with Crippen molar-refractivity contribution in [2.24, 2.45) is 0 Å². The van der Waals surface area contributed by atoms with Crippen molar-refractivity contribution in [1.82, 2.24) is 9.97 Å². The predicted octanol–water partition coefficient (Wildman–Crippen LogP) is 4.37. The number of hydrogen-bond donors (Lipinski definition) is 0. The van der Waals surface area contributed by atoms with Gasteiger partial charge in [-0.25, -0.2) is 22.2 Å². The second kappa shape index (κ2) is 9.09. The van der Waals surface area contributed by atoms with Gasteiger partial charge in [0.1, 0.15) is 11.3 Å².